The second-order valence-corrected chi connectivity index (χ2v) is 3.93. The van der Waals surface area contributed by atoms with Gasteiger partial charge in [0.25, 0.3) is 0 Å². The fourth-order valence-electron chi connectivity index (χ4n) is 1.42. The van der Waals surface area contributed by atoms with Gasteiger partial charge in [-0.1, -0.05) is 6.92 Å². The van der Waals surface area contributed by atoms with Gasteiger partial charge < -0.3 is 21.3 Å². The normalized spacial score (nSPS) is 11.6. The topological polar surface area (TPSA) is 78.5 Å². The van der Waals surface area contributed by atoms with Gasteiger partial charge in [0.2, 0.25) is 0 Å². The zero-order valence-electron chi connectivity index (χ0n) is 9.50. The van der Waals surface area contributed by atoms with Gasteiger partial charge in [-0.05, 0) is 18.6 Å². The first-order chi connectivity index (χ1) is 7.98. The van der Waals surface area contributed by atoms with E-state index >= 15 is 0 Å². The summed E-state index contributed by atoms with van der Waals surface area (Å²) < 4.78 is 27.0. The lowest BCUT2D eigenvalue weighted by atomic mass is 9.98. The molecule has 1 rings (SSSR count). The maximum absolute atomic E-state index is 13.5. The van der Waals surface area contributed by atoms with Gasteiger partial charge in [0.15, 0.2) is 11.6 Å². The Morgan fingerprint density at radius 1 is 1.24 bits per heavy atom. The minimum Gasteiger partial charge on any atom is -0.399 e. The van der Waals surface area contributed by atoms with E-state index in [9.17, 15) is 19.0 Å². The van der Waals surface area contributed by atoms with Crippen molar-refractivity contribution in [1.29, 1.82) is 0 Å². The third kappa shape index (κ3) is 2.83. The van der Waals surface area contributed by atoms with E-state index in [2.05, 4.69) is 5.32 Å². The van der Waals surface area contributed by atoms with E-state index in [1.165, 1.54) is 0 Å². The van der Waals surface area contributed by atoms with Crippen molar-refractivity contribution in [2.45, 2.75) is 18.9 Å². The van der Waals surface area contributed by atoms with Crippen LogP contribution in [0.15, 0.2) is 12.1 Å². The molecule has 5 N–H and O–H groups in total. The van der Waals surface area contributed by atoms with Crippen LogP contribution in [0.3, 0.4) is 0 Å². The molecule has 0 bridgehead atoms. The Hall–Kier alpha value is -1.40. The number of rotatable bonds is 5. The predicted molar refractivity (Wildman–Crippen MR) is 61.6 cm³/mol. The van der Waals surface area contributed by atoms with Crippen LogP contribution < -0.4 is 11.1 Å². The molecule has 0 unspecified atom stereocenters. The fourth-order valence-corrected chi connectivity index (χ4v) is 1.42. The number of benzene rings is 1. The number of anilines is 2. The molecule has 96 valence electrons. The van der Waals surface area contributed by atoms with Crippen LogP contribution in [0.1, 0.15) is 13.3 Å². The van der Waals surface area contributed by atoms with E-state index < -0.39 is 36.1 Å². The van der Waals surface area contributed by atoms with E-state index in [4.69, 9.17) is 5.73 Å². The molecule has 0 saturated carbocycles. The smallest absolute Gasteiger partial charge is 0.151 e. The first-order valence-corrected chi connectivity index (χ1v) is 5.22. The minimum absolute atomic E-state index is 0.0272. The molecule has 17 heavy (non-hydrogen) atoms. The summed E-state index contributed by atoms with van der Waals surface area (Å²) >= 11 is 0. The van der Waals surface area contributed by atoms with Gasteiger partial charge in [-0.2, -0.15) is 0 Å². The van der Waals surface area contributed by atoms with Gasteiger partial charge in [0.1, 0.15) is 5.69 Å². The van der Waals surface area contributed by atoms with E-state index in [0.717, 1.165) is 12.1 Å². The molecular formula is C11H16F2N2O2. The SMILES string of the molecule is CCC(CO)(CO)Nc1c(F)cc(N)cc1F. The number of aliphatic hydroxyl groups is 2. The highest BCUT2D eigenvalue weighted by Crippen LogP contribution is 2.26. The maximum atomic E-state index is 13.5. The Kier molecular flexibility index (Phi) is 4.25. The molecule has 0 spiro atoms. The molecule has 0 fully saturated rings. The molecule has 1 aromatic carbocycles. The molecule has 0 saturated heterocycles. The highest BCUT2D eigenvalue weighted by molar-refractivity contribution is 5.55. The van der Waals surface area contributed by atoms with Crippen molar-refractivity contribution in [3.63, 3.8) is 0 Å². The maximum Gasteiger partial charge on any atom is 0.151 e. The molecule has 4 nitrogen and oxygen atoms in total. The van der Waals surface area contributed by atoms with Gasteiger partial charge in [-0.3, -0.25) is 0 Å². The summed E-state index contributed by atoms with van der Waals surface area (Å²) in [7, 11) is 0. The Balaban J connectivity index is 3.09. The lowest BCUT2D eigenvalue weighted by molar-refractivity contribution is 0.132. The predicted octanol–water partition coefficient (Wildman–Crippen LogP) is 1.09. The first kappa shape index (κ1) is 13.7. The molecular weight excluding hydrogens is 230 g/mol. The van der Waals surface area contributed by atoms with E-state index in [1.54, 1.807) is 6.92 Å². The standard InChI is InChI=1S/C11H16F2N2O2/c1-2-11(5-16,6-17)15-10-8(12)3-7(14)4-9(10)13/h3-4,15-17H,2,5-6,14H2,1H3. The highest BCUT2D eigenvalue weighted by Gasteiger charge is 2.28. The second kappa shape index (κ2) is 5.29. The zero-order valence-corrected chi connectivity index (χ0v) is 9.50. The van der Waals surface area contributed by atoms with Gasteiger partial charge in [0.05, 0.1) is 18.8 Å². The first-order valence-electron chi connectivity index (χ1n) is 5.22. The average molecular weight is 246 g/mol. The van der Waals surface area contributed by atoms with Gasteiger partial charge in [-0.25, -0.2) is 8.78 Å². The highest BCUT2D eigenvalue weighted by atomic mass is 19.1. The monoisotopic (exact) mass is 246 g/mol. The van der Waals surface area contributed by atoms with E-state index in [1.807, 2.05) is 0 Å². The lowest BCUT2D eigenvalue weighted by Gasteiger charge is -2.31. The van der Waals surface area contributed by atoms with Gasteiger partial charge in [0, 0.05) is 5.69 Å². The quantitative estimate of drug-likeness (QED) is 0.586. The Morgan fingerprint density at radius 2 is 1.71 bits per heavy atom. The number of nitrogens with one attached hydrogen (secondary N) is 1. The number of nitrogen functional groups attached to an aromatic ring is 1. The lowest BCUT2D eigenvalue weighted by Crippen LogP contribution is -2.45. The second-order valence-electron chi connectivity index (χ2n) is 3.93. The molecule has 0 heterocycles. The minimum atomic E-state index is -1.15. The number of nitrogens with two attached hydrogens (primary N) is 1. The van der Waals surface area contributed by atoms with Gasteiger partial charge in [-0.15, -0.1) is 0 Å². The van der Waals surface area contributed by atoms with Crippen LogP contribution >= 0.6 is 0 Å². The van der Waals surface area contributed by atoms with Crippen LogP contribution in [0.25, 0.3) is 0 Å². The Morgan fingerprint density at radius 3 is 2.06 bits per heavy atom. The number of hydrogen-bond acceptors (Lipinski definition) is 4. The molecule has 0 aliphatic carbocycles. The van der Waals surface area contributed by atoms with Gasteiger partial charge >= 0.3 is 0 Å². The Labute approximate surface area is 98.1 Å². The van der Waals surface area contributed by atoms with E-state index in [-0.39, 0.29) is 5.69 Å². The van der Waals surface area contributed by atoms with Crippen LogP contribution in [0, 0.1) is 11.6 Å². The summed E-state index contributed by atoms with van der Waals surface area (Å²) in [5.41, 5.74) is 3.70. The molecule has 0 aromatic heterocycles. The van der Waals surface area contributed by atoms with Crippen molar-refractivity contribution in [2.24, 2.45) is 0 Å². The third-order valence-electron chi connectivity index (χ3n) is 2.74. The van der Waals surface area contributed by atoms with Crippen LogP contribution in [0.4, 0.5) is 20.2 Å². The molecule has 0 aliphatic heterocycles. The molecule has 0 aliphatic rings. The van der Waals surface area contributed by atoms with Crippen LogP contribution in [-0.4, -0.2) is 29.0 Å². The van der Waals surface area contributed by atoms with Crippen molar-refractivity contribution < 1.29 is 19.0 Å². The van der Waals surface area contributed by atoms with Crippen molar-refractivity contribution in [2.75, 3.05) is 24.3 Å². The van der Waals surface area contributed by atoms with Crippen molar-refractivity contribution in [3.05, 3.63) is 23.8 Å². The largest absolute Gasteiger partial charge is 0.399 e. The number of halogens is 2. The molecule has 0 amide bonds. The van der Waals surface area contributed by atoms with Crippen LogP contribution in [0.5, 0.6) is 0 Å². The number of hydrogen-bond donors (Lipinski definition) is 4. The summed E-state index contributed by atoms with van der Waals surface area (Å²) in [6.45, 7) is 0.805. The average Bonchev–Trinajstić information content (AvgIpc) is 2.29. The number of aliphatic hydroxyl groups excluding tert-OH is 2. The van der Waals surface area contributed by atoms with Crippen LogP contribution in [0.2, 0.25) is 0 Å². The Bertz CT molecular complexity index is 364. The third-order valence-corrected chi connectivity index (χ3v) is 2.74. The zero-order chi connectivity index (χ0) is 13.1. The van der Waals surface area contributed by atoms with Crippen LogP contribution in [-0.2, 0) is 0 Å². The van der Waals surface area contributed by atoms with Crippen molar-refractivity contribution in [1.82, 2.24) is 0 Å². The summed E-state index contributed by atoms with van der Waals surface area (Å²) in [4.78, 5) is 0. The summed E-state index contributed by atoms with van der Waals surface area (Å²) in [5, 5.41) is 20.9. The summed E-state index contributed by atoms with van der Waals surface area (Å²) in [5.74, 6) is -1.72. The molecule has 1 aromatic rings. The molecule has 0 atom stereocenters. The molecule has 6 heteroatoms. The summed E-state index contributed by atoms with van der Waals surface area (Å²) in [6.07, 6.45) is 0.309. The van der Waals surface area contributed by atoms with Crippen molar-refractivity contribution in [3.8, 4) is 0 Å². The molecule has 0 radical (unpaired) electrons. The summed E-state index contributed by atoms with van der Waals surface area (Å²) in [6, 6.07) is 1.95. The van der Waals surface area contributed by atoms with E-state index in [0.29, 0.717) is 6.42 Å². The fraction of sp³-hybridized carbons (Fsp3) is 0.455. The van der Waals surface area contributed by atoms with Crippen molar-refractivity contribution >= 4 is 11.4 Å².